The van der Waals surface area contributed by atoms with Gasteiger partial charge in [0.25, 0.3) is 5.91 Å². The molecule has 1 aliphatic heterocycles. The standard InChI is InChI=1S/C16H18N2O5S2/c1-4-23-14(19)9-17-18-15(20)13(25-16(18)24)8-10-5-6-11(21-2)12(7-10)22-3/h5-8,17H,4,9H2,1-3H3/b13-8+. The van der Waals surface area contributed by atoms with Crippen molar-refractivity contribution in [3.05, 3.63) is 28.7 Å². The van der Waals surface area contributed by atoms with E-state index in [4.69, 9.17) is 26.4 Å². The molecule has 0 saturated carbocycles. The molecule has 0 spiro atoms. The summed E-state index contributed by atoms with van der Waals surface area (Å²) in [4.78, 5) is 24.3. The van der Waals surface area contributed by atoms with Gasteiger partial charge in [-0.3, -0.25) is 9.59 Å². The van der Waals surface area contributed by atoms with Gasteiger partial charge in [0.2, 0.25) is 0 Å². The van der Waals surface area contributed by atoms with E-state index >= 15 is 0 Å². The van der Waals surface area contributed by atoms with Gasteiger partial charge in [0.05, 0.1) is 25.7 Å². The van der Waals surface area contributed by atoms with E-state index in [0.717, 1.165) is 17.3 Å². The first-order valence-electron chi connectivity index (χ1n) is 7.39. The average Bonchev–Trinajstić information content (AvgIpc) is 2.86. The second-order valence-corrected chi connectivity index (χ2v) is 6.45. The minimum Gasteiger partial charge on any atom is -0.493 e. The number of hydrogen-bond acceptors (Lipinski definition) is 8. The molecule has 1 aliphatic rings. The van der Waals surface area contributed by atoms with E-state index in [-0.39, 0.29) is 19.1 Å². The van der Waals surface area contributed by atoms with E-state index in [1.165, 1.54) is 5.01 Å². The van der Waals surface area contributed by atoms with Gasteiger partial charge < -0.3 is 14.2 Å². The van der Waals surface area contributed by atoms with Gasteiger partial charge in [0.15, 0.2) is 15.8 Å². The summed E-state index contributed by atoms with van der Waals surface area (Å²) in [7, 11) is 3.10. The third-order valence-corrected chi connectivity index (χ3v) is 4.49. The number of nitrogens with one attached hydrogen (secondary N) is 1. The predicted octanol–water partition coefficient (Wildman–Crippen LogP) is 1.97. The summed E-state index contributed by atoms with van der Waals surface area (Å²) < 4.78 is 15.6. The molecular formula is C16H18N2O5S2. The first-order chi connectivity index (χ1) is 12.0. The smallest absolute Gasteiger partial charge is 0.321 e. The maximum atomic E-state index is 12.4. The monoisotopic (exact) mass is 382 g/mol. The van der Waals surface area contributed by atoms with E-state index < -0.39 is 5.97 Å². The molecule has 0 radical (unpaired) electrons. The van der Waals surface area contributed by atoms with Crippen LogP contribution >= 0.6 is 24.0 Å². The lowest BCUT2D eigenvalue weighted by atomic mass is 10.2. The molecule has 0 aromatic heterocycles. The number of ether oxygens (including phenoxy) is 3. The molecule has 1 saturated heterocycles. The van der Waals surface area contributed by atoms with Crippen molar-refractivity contribution in [2.75, 3.05) is 27.4 Å². The van der Waals surface area contributed by atoms with Crippen LogP contribution in [0.25, 0.3) is 6.08 Å². The first-order valence-corrected chi connectivity index (χ1v) is 8.61. The number of hydrogen-bond donors (Lipinski definition) is 1. The Morgan fingerprint density at radius 2 is 2.04 bits per heavy atom. The Balaban J connectivity index is 2.13. The molecule has 0 unspecified atom stereocenters. The third-order valence-electron chi connectivity index (χ3n) is 3.19. The van der Waals surface area contributed by atoms with E-state index in [0.29, 0.717) is 20.7 Å². The average molecular weight is 382 g/mol. The number of carbonyl (C=O) groups is 2. The second-order valence-electron chi connectivity index (χ2n) is 4.77. The minimum atomic E-state index is -0.458. The number of methoxy groups -OCH3 is 2. The van der Waals surface area contributed by atoms with Crippen LogP contribution in [-0.4, -0.2) is 48.6 Å². The number of amides is 1. The molecule has 1 N–H and O–H groups in total. The maximum Gasteiger partial charge on any atom is 0.321 e. The fourth-order valence-electron chi connectivity index (χ4n) is 2.05. The molecule has 134 valence electrons. The van der Waals surface area contributed by atoms with Crippen LogP contribution in [0.2, 0.25) is 0 Å². The van der Waals surface area contributed by atoms with Gasteiger partial charge in [-0.05, 0) is 30.7 Å². The number of rotatable bonds is 7. The summed E-state index contributed by atoms with van der Waals surface area (Å²) in [6, 6.07) is 5.32. The van der Waals surface area contributed by atoms with Crippen molar-refractivity contribution in [3.8, 4) is 11.5 Å². The number of thioether (sulfide) groups is 1. The lowest BCUT2D eigenvalue weighted by Crippen LogP contribution is -2.44. The SMILES string of the molecule is CCOC(=O)CNN1C(=O)/C(=C\c2ccc(OC)c(OC)c2)SC1=S. The number of hydrazine groups is 1. The lowest BCUT2D eigenvalue weighted by molar-refractivity contribution is -0.143. The van der Waals surface area contributed by atoms with Crippen LogP contribution in [0.3, 0.4) is 0 Å². The number of benzene rings is 1. The molecule has 1 amide bonds. The highest BCUT2D eigenvalue weighted by Gasteiger charge is 2.32. The van der Waals surface area contributed by atoms with Crippen molar-refractivity contribution in [1.29, 1.82) is 0 Å². The molecule has 0 bridgehead atoms. The van der Waals surface area contributed by atoms with E-state index in [1.807, 2.05) is 0 Å². The van der Waals surface area contributed by atoms with Crippen molar-refractivity contribution in [1.82, 2.24) is 10.4 Å². The Hall–Kier alpha value is -2.10. The fraction of sp³-hybridized carbons (Fsp3) is 0.312. The van der Waals surface area contributed by atoms with Crippen LogP contribution in [0.4, 0.5) is 0 Å². The number of esters is 1. The summed E-state index contributed by atoms with van der Waals surface area (Å²) in [5.41, 5.74) is 3.45. The van der Waals surface area contributed by atoms with E-state index in [9.17, 15) is 9.59 Å². The summed E-state index contributed by atoms with van der Waals surface area (Å²) >= 11 is 6.33. The van der Waals surface area contributed by atoms with Crippen LogP contribution in [0.1, 0.15) is 12.5 Å². The van der Waals surface area contributed by atoms with Crippen LogP contribution in [-0.2, 0) is 14.3 Å². The van der Waals surface area contributed by atoms with Crippen LogP contribution in [0, 0.1) is 0 Å². The van der Waals surface area contributed by atoms with E-state index in [2.05, 4.69) is 5.43 Å². The van der Waals surface area contributed by atoms with Crippen molar-refractivity contribution in [2.45, 2.75) is 6.92 Å². The van der Waals surface area contributed by atoms with Crippen LogP contribution in [0.5, 0.6) is 11.5 Å². The number of nitrogens with zero attached hydrogens (tertiary/aromatic N) is 1. The first kappa shape index (κ1) is 19.2. The van der Waals surface area contributed by atoms with Crippen molar-refractivity contribution in [3.63, 3.8) is 0 Å². The molecule has 2 rings (SSSR count). The van der Waals surface area contributed by atoms with Crippen molar-refractivity contribution in [2.24, 2.45) is 0 Å². The fourth-order valence-corrected chi connectivity index (χ4v) is 3.27. The molecule has 0 aliphatic carbocycles. The Labute approximate surface area is 155 Å². The third kappa shape index (κ3) is 4.71. The molecule has 0 atom stereocenters. The highest BCUT2D eigenvalue weighted by atomic mass is 32.2. The Morgan fingerprint density at radius 3 is 2.68 bits per heavy atom. The minimum absolute atomic E-state index is 0.135. The molecule has 1 aromatic carbocycles. The second kappa shape index (κ2) is 8.84. The zero-order valence-electron chi connectivity index (χ0n) is 14.0. The highest BCUT2D eigenvalue weighted by molar-refractivity contribution is 8.26. The van der Waals surface area contributed by atoms with Crippen LogP contribution < -0.4 is 14.9 Å². The van der Waals surface area contributed by atoms with Gasteiger partial charge in [-0.25, -0.2) is 10.4 Å². The van der Waals surface area contributed by atoms with Gasteiger partial charge in [-0.2, -0.15) is 0 Å². The molecule has 9 heteroatoms. The topological polar surface area (TPSA) is 77.1 Å². The molecule has 7 nitrogen and oxygen atoms in total. The van der Waals surface area contributed by atoms with Gasteiger partial charge in [0.1, 0.15) is 6.54 Å². The van der Waals surface area contributed by atoms with Crippen molar-refractivity contribution < 1.29 is 23.8 Å². The van der Waals surface area contributed by atoms with Crippen molar-refractivity contribution >= 4 is 46.3 Å². The summed E-state index contributed by atoms with van der Waals surface area (Å²) in [6.07, 6.45) is 1.70. The molecular weight excluding hydrogens is 364 g/mol. The largest absolute Gasteiger partial charge is 0.493 e. The van der Waals surface area contributed by atoms with Crippen LogP contribution in [0.15, 0.2) is 23.1 Å². The molecule has 1 fully saturated rings. The predicted molar refractivity (Wildman–Crippen MR) is 99.2 cm³/mol. The Bertz CT molecular complexity index is 720. The van der Waals surface area contributed by atoms with Gasteiger partial charge in [-0.1, -0.05) is 30.0 Å². The zero-order valence-corrected chi connectivity index (χ0v) is 15.7. The summed E-state index contributed by atoms with van der Waals surface area (Å²) in [6.45, 7) is 1.85. The molecule has 1 aromatic rings. The van der Waals surface area contributed by atoms with Gasteiger partial charge in [-0.15, -0.1) is 0 Å². The number of thiocarbonyl (C=S) groups is 1. The quantitative estimate of drug-likeness (QED) is 0.436. The Kier molecular flexibility index (Phi) is 6.80. The zero-order chi connectivity index (χ0) is 18.4. The molecule has 25 heavy (non-hydrogen) atoms. The maximum absolute atomic E-state index is 12.4. The number of carbonyl (C=O) groups excluding carboxylic acids is 2. The van der Waals surface area contributed by atoms with E-state index in [1.54, 1.807) is 45.4 Å². The van der Waals surface area contributed by atoms with Gasteiger partial charge >= 0.3 is 5.97 Å². The summed E-state index contributed by atoms with van der Waals surface area (Å²) in [5.74, 6) is 0.380. The Morgan fingerprint density at radius 1 is 1.32 bits per heavy atom. The molecule has 1 heterocycles. The van der Waals surface area contributed by atoms with Gasteiger partial charge in [0, 0.05) is 0 Å². The summed E-state index contributed by atoms with van der Waals surface area (Å²) in [5, 5.41) is 1.17. The lowest BCUT2D eigenvalue weighted by Gasteiger charge is -2.14. The highest BCUT2D eigenvalue weighted by Crippen LogP contribution is 2.33. The normalized spacial score (nSPS) is 15.6.